The zero-order valence-corrected chi connectivity index (χ0v) is 13.3. The van der Waals surface area contributed by atoms with Gasteiger partial charge in [0.25, 0.3) is 0 Å². The molecule has 2 nitrogen and oxygen atoms in total. The van der Waals surface area contributed by atoms with Crippen LogP contribution in [0.3, 0.4) is 0 Å². The Labute approximate surface area is 125 Å². The summed E-state index contributed by atoms with van der Waals surface area (Å²) in [5.41, 5.74) is 9.78. The maximum absolute atomic E-state index is 6.34. The smallest absolute Gasteiger partial charge is 0.123 e. The Bertz CT molecular complexity index is 620. The van der Waals surface area contributed by atoms with Gasteiger partial charge in [0.1, 0.15) is 11.4 Å². The van der Waals surface area contributed by atoms with Gasteiger partial charge in [-0.15, -0.1) is 11.3 Å². The van der Waals surface area contributed by atoms with E-state index in [0.717, 1.165) is 27.1 Å². The van der Waals surface area contributed by atoms with Crippen LogP contribution in [0.25, 0.3) is 0 Å². The standard InChI is InChI=1S/C15H16BrNOS/c1-15(2)7-10-5-9(3-4-12(10)18-15)14(17)11-6-13(16)19-8-11/h3-6,8,14H,7,17H2,1-2H3. The largest absolute Gasteiger partial charge is 0.487 e. The van der Waals surface area contributed by atoms with E-state index in [4.69, 9.17) is 10.5 Å². The molecule has 3 rings (SSSR count). The van der Waals surface area contributed by atoms with Gasteiger partial charge in [0.05, 0.1) is 9.83 Å². The zero-order chi connectivity index (χ0) is 13.6. The quantitative estimate of drug-likeness (QED) is 0.887. The van der Waals surface area contributed by atoms with Gasteiger partial charge in [0.15, 0.2) is 0 Å². The maximum Gasteiger partial charge on any atom is 0.123 e. The Hall–Kier alpha value is -0.840. The van der Waals surface area contributed by atoms with Crippen LogP contribution in [0.4, 0.5) is 0 Å². The molecule has 1 aliphatic rings. The average molecular weight is 338 g/mol. The lowest BCUT2D eigenvalue weighted by molar-refractivity contribution is 0.138. The summed E-state index contributed by atoms with van der Waals surface area (Å²) in [7, 11) is 0. The van der Waals surface area contributed by atoms with E-state index in [0.29, 0.717) is 0 Å². The van der Waals surface area contributed by atoms with Crippen LogP contribution in [0.2, 0.25) is 0 Å². The van der Waals surface area contributed by atoms with Crippen molar-refractivity contribution in [2.45, 2.75) is 31.9 Å². The number of rotatable bonds is 2. The molecular formula is C15H16BrNOS. The molecule has 19 heavy (non-hydrogen) atoms. The van der Waals surface area contributed by atoms with E-state index in [2.05, 4.69) is 53.4 Å². The SMILES string of the molecule is CC1(C)Cc2cc(C(N)c3csc(Br)c3)ccc2O1. The molecule has 2 N–H and O–H groups in total. The summed E-state index contributed by atoms with van der Waals surface area (Å²) in [5.74, 6) is 0.993. The summed E-state index contributed by atoms with van der Waals surface area (Å²) in [5, 5.41) is 2.10. The highest BCUT2D eigenvalue weighted by Gasteiger charge is 2.30. The van der Waals surface area contributed by atoms with Gasteiger partial charge in [-0.1, -0.05) is 12.1 Å². The number of hydrogen-bond acceptors (Lipinski definition) is 3. The minimum Gasteiger partial charge on any atom is -0.487 e. The number of ether oxygens (including phenoxy) is 1. The molecule has 100 valence electrons. The number of nitrogens with two attached hydrogens (primary N) is 1. The predicted octanol–water partition coefficient (Wildman–Crippen LogP) is 4.27. The Morgan fingerprint density at radius 1 is 1.32 bits per heavy atom. The van der Waals surface area contributed by atoms with Crippen LogP contribution in [0, 0.1) is 0 Å². The summed E-state index contributed by atoms with van der Waals surface area (Å²) < 4.78 is 7.01. The summed E-state index contributed by atoms with van der Waals surface area (Å²) in [6.07, 6.45) is 0.941. The molecule has 1 aliphatic heterocycles. The highest BCUT2D eigenvalue weighted by Crippen LogP contribution is 2.37. The van der Waals surface area contributed by atoms with Crippen molar-refractivity contribution in [3.63, 3.8) is 0 Å². The third-order valence-electron chi connectivity index (χ3n) is 3.39. The van der Waals surface area contributed by atoms with Crippen LogP contribution >= 0.6 is 27.3 Å². The zero-order valence-electron chi connectivity index (χ0n) is 10.9. The first-order valence-corrected chi connectivity index (χ1v) is 7.93. The normalized spacial score (nSPS) is 17.9. The third kappa shape index (κ3) is 2.57. The lowest BCUT2D eigenvalue weighted by atomic mass is 9.96. The molecule has 2 aromatic rings. The molecule has 0 amide bonds. The fourth-order valence-corrected chi connectivity index (χ4v) is 3.71. The Morgan fingerprint density at radius 3 is 2.79 bits per heavy atom. The number of fused-ring (bicyclic) bond motifs is 1. The predicted molar refractivity (Wildman–Crippen MR) is 82.9 cm³/mol. The fraction of sp³-hybridized carbons (Fsp3) is 0.333. The number of benzene rings is 1. The fourth-order valence-electron chi connectivity index (χ4n) is 2.50. The van der Waals surface area contributed by atoms with Gasteiger partial charge in [0.2, 0.25) is 0 Å². The van der Waals surface area contributed by atoms with E-state index in [9.17, 15) is 0 Å². The lowest BCUT2D eigenvalue weighted by Gasteiger charge is -2.16. The molecule has 0 aliphatic carbocycles. The summed E-state index contributed by atoms with van der Waals surface area (Å²) in [6, 6.07) is 8.30. The van der Waals surface area contributed by atoms with Crippen LogP contribution < -0.4 is 10.5 Å². The molecule has 0 saturated heterocycles. The van der Waals surface area contributed by atoms with E-state index in [1.54, 1.807) is 11.3 Å². The van der Waals surface area contributed by atoms with Crippen LogP contribution in [-0.2, 0) is 6.42 Å². The van der Waals surface area contributed by atoms with Gasteiger partial charge >= 0.3 is 0 Å². The number of thiophene rings is 1. The van der Waals surface area contributed by atoms with Crippen molar-refractivity contribution in [1.29, 1.82) is 0 Å². The average Bonchev–Trinajstić information content (AvgIpc) is 2.88. The molecule has 1 aromatic carbocycles. The monoisotopic (exact) mass is 337 g/mol. The van der Waals surface area contributed by atoms with Gasteiger partial charge in [-0.2, -0.15) is 0 Å². The van der Waals surface area contributed by atoms with Gasteiger partial charge in [0, 0.05) is 6.42 Å². The molecule has 0 saturated carbocycles. The van der Waals surface area contributed by atoms with Crippen molar-refractivity contribution in [3.05, 3.63) is 50.1 Å². The number of halogens is 1. The topological polar surface area (TPSA) is 35.2 Å². The summed E-state index contributed by atoms with van der Waals surface area (Å²) >= 11 is 5.15. The molecule has 1 aromatic heterocycles. The number of hydrogen-bond donors (Lipinski definition) is 1. The summed E-state index contributed by atoms with van der Waals surface area (Å²) in [4.78, 5) is 0. The highest BCUT2D eigenvalue weighted by molar-refractivity contribution is 9.11. The Kier molecular flexibility index (Phi) is 3.20. The molecule has 4 heteroatoms. The second-order valence-corrected chi connectivity index (χ2v) is 7.86. The Balaban J connectivity index is 1.92. The van der Waals surface area contributed by atoms with Gasteiger partial charge in [-0.05, 0) is 64.0 Å². The molecule has 2 heterocycles. The summed E-state index contributed by atoms with van der Waals surface area (Å²) in [6.45, 7) is 4.23. The minimum absolute atomic E-state index is 0.0726. The van der Waals surface area contributed by atoms with E-state index in [-0.39, 0.29) is 11.6 Å². The van der Waals surface area contributed by atoms with E-state index >= 15 is 0 Å². The molecule has 0 bridgehead atoms. The molecule has 0 radical (unpaired) electrons. The highest BCUT2D eigenvalue weighted by atomic mass is 79.9. The van der Waals surface area contributed by atoms with Crippen LogP contribution in [0.1, 0.15) is 36.6 Å². The molecule has 1 unspecified atom stereocenters. The van der Waals surface area contributed by atoms with Crippen molar-refractivity contribution in [2.75, 3.05) is 0 Å². The van der Waals surface area contributed by atoms with Gasteiger partial charge in [-0.25, -0.2) is 0 Å². The molecular weight excluding hydrogens is 322 g/mol. The van der Waals surface area contributed by atoms with Crippen LogP contribution in [0.5, 0.6) is 5.75 Å². The van der Waals surface area contributed by atoms with Gasteiger partial charge < -0.3 is 10.5 Å². The third-order valence-corrected chi connectivity index (χ3v) is 4.92. The lowest BCUT2D eigenvalue weighted by Crippen LogP contribution is -2.24. The molecule has 0 spiro atoms. The van der Waals surface area contributed by atoms with Crippen molar-refractivity contribution in [1.82, 2.24) is 0 Å². The first kappa shape index (κ1) is 13.2. The van der Waals surface area contributed by atoms with Crippen LogP contribution in [0.15, 0.2) is 33.4 Å². The minimum atomic E-state index is -0.101. The molecule has 1 atom stereocenters. The second-order valence-electron chi connectivity index (χ2n) is 5.57. The van der Waals surface area contributed by atoms with Crippen molar-refractivity contribution in [2.24, 2.45) is 5.73 Å². The second kappa shape index (κ2) is 4.62. The molecule has 0 fully saturated rings. The maximum atomic E-state index is 6.34. The van der Waals surface area contributed by atoms with Crippen molar-refractivity contribution in [3.8, 4) is 5.75 Å². The van der Waals surface area contributed by atoms with Crippen molar-refractivity contribution < 1.29 is 4.74 Å². The van der Waals surface area contributed by atoms with Crippen molar-refractivity contribution >= 4 is 27.3 Å². The first-order valence-electron chi connectivity index (χ1n) is 6.26. The van der Waals surface area contributed by atoms with Crippen LogP contribution in [-0.4, -0.2) is 5.60 Å². The van der Waals surface area contributed by atoms with Gasteiger partial charge in [-0.3, -0.25) is 0 Å². The Morgan fingerprint density at radius 2 is 2.11 bits per heavy atom. The van der Waals surface area contributed by atoms with E-state index in [1.165, 1.54) is 5.56 Å². The first-order chi connectivity index (χ1) is 8.94. The van der Waals surface area contributed by atoms with E-state index in [1.807, 2.05) is 6.07 Å². The van der Waals surface area contributed by atoms with E-state index < -0.39 is 0 Å².